The number of methoxy groups -OCH3 is 1. The van der Waals surface area contributed by atoms with Gasteiger partial charge in [0.25, 0.3) is 5.91 Å². The van der Waals surface area contributed by atoms with E-state index in [1.807, 2.05) is 0 Å². The average Bonchev–Trinajstić information content (AvgIpc) is 3.29. The summed E-state index contributed by atoms with van der Waals surface area (Å²) in [7, 11) is 1.19. The standard InChI is InChI=1S/C20H18ClN3O8/c1-10(2)31-17-11(6-12(21)8-15(17)24(28)29)7-14-18(25)23(20(27)22-14)9-13-4-5-16(32-13)19(26)30-3/h4-8,10H,9H2,1-3H3,(H,22,27). The number of nitrogens with one attached hydrogen (secondary N) is 1. The zero-order valence-corrected chi connectivity index (χ0v) is 18.0. The number of rotatable bonds is 7. The summed E-state index contributed by atoms with van der Waals surface area (Å²) >= 11 is 6.01. The molecule has 0 spiro atoms. The first-order valence-electron chi connectivity index (χ1n) is 9.26. The molecule has 11 nitrogen and oxygen atoms in total. The molecule has 1 fully saturated rings. The number of amides is 3. The summed E-state index contributed by atoms with van der Waals surface area (Å²) in [5, 5.41) is 13.9. The number of carbonyl (C=O) groups is 3. The average molecular weight is 464 g/mol. The monoisotopic (exact) mass is 463 g/mol. The Bertz CT molecular complexity index is 1140. The van der Waals surface area contributed by atoms with E-state index in [1.54, 1.807) is 13.8 Å². The third kappa shape index (κ3) is 4.72. The van der Waals surface area contributed by atoms with E-state index in [2.05, 4.69) is 10.1 Å². The van der Waals surface area contributed by atoms with Crippen molar-refractivity contribution in [1.82, 2.24) is 10.2 Å². The first-order valence-corrected chi connectivity index (χ1v) is 9.64. The van der Waals surface area contributed by atoms with Gasteiger partial charge >= 0.3 is 17.7 Å². The number of hydrogen-bond donors (Lipinski definition) is 1. The van der Waals surface area contributed by atoms with Crippen molar-refractivity contribution in [2.45, 2.75) is 26.5 Å². The molecule has 0 bridgehead atoms. The summed E-state index contributed by atoms with van der Waals surface area (Å²) in [5.74, 6) is -1.39. The lowest BCUT2D eigenvalue weighted by Crippen LogP contribution is -2.30. The maximum absolute atomic E-state index is 12.8. The van der Waals surface area contributed by atoms with E-state index >= 15 is 0 Å². The fourth-order valence-electron chi connectivity index (χ4n) is 2.91. The van der Waals surface area contributed by atoms with Crippen molar-refractivity contribution in [3.05, 3.63) is 62.2 Å². The van der Waals surface area contributed by atoms with Crippen LogP contribution in [0.5, 0.6) is 5.75 Å². The van der Waals surface area contributed by atoms with Crippen molar-refractivity contribution in [3.63, 3.8) is 0 Å². The number of imide groups is 1. The Balaban J connectivity index is 1.92. The van der Waals surface area contributed by atoms with E-state index in [4.69, 9.17) is 20.8 Å². The lowest BCUT2D eigenvalue weighted by atomic mass is 10.1. The highest BCUT2D eigenvalue weighted by Gasteiger charge is 2.35. The molecule has 0 radical (unpaired) electrons. The molecule has 1 aromatic carbocycles. The van der Waals surface area contributed by atoms with Gasteiger partial charge in [0, 0.05) is 16.7 Å². The number of nitro benzene ring substituents is 1. The molecule has 0 saturated carbocycles. The van der Waals surface area contributed by atoms with Crippen LogP contribution in [0, 0.1) is 10.1 Å². The zero-order valence-electron chi connectivity index (χ0n) is 17.2. The Kier molecular flexibility index (Phi) is 6.49. The normalized spacial score (nSPS) is 14.8. The van der Waals surface area contributed by atoms with Crippen LogP contribution < -0.4 is 10.1 Å². The Morgan fingerprint density at radius 2 is 2.06 bits per heavy atom. The molecule has 1 N–H and O–H groups in total. The number of carbonyl (C=O) groups excluding carboxylic acids is 3. The number of benzene rings is 1. The molecular formula is C20H18ClN3O8. The number of halogens is 1. The molecule has 0 atom stereocenters. The molecule has 1 saturated heterocycles. The van der Waals surface area contributed by atoms with E-state index in [0.717, 1.165) is 11.0 Å². The molecule has 3 amide bonds. The number of urea groups is 1. The number of hydrogen-bond acceptors (Lipinski definition) is 8. The van der Waals surface area contributed by atoms with Gasteiger partial charge in [-0.2, -0.15) is 0 Å². The summed E-state index contributed by atoms with van der Waals surface area (Å²) in [4.78, 5) is 48.3. The summed E-state index contributed by atoms with van der Waals surface area (Å²) in [6, 6.07) is 4.58. The van der Waals surface area contributed by atoms with Crippen LogP contribution in [0.1, 0.15) is 35.7 Å². The Hall–Kier alpha value is -3.86. The minimum absolute atomic E-state index is 0.0548. The molecule has 2 aromatic rings. The molecule has 12 heteroatoms. The molecule has 0 unspecified atom stereocenters. The van der Waals surface area contributed by atoms with Crippen LogP contribution in [0.3, 0.4) is 0 Å². The van der Waals surface area contributed by atoms with Crippen LogP contribution in [0.2, 0.25) is 5.02 Å². The second-order valence-corrected chi connectivity index (χ2v) is 7.34. The van der Waals surface area contributed by atoms with Crippen molar-refractivity contribution in [2.24, 2.45) is 0 Å². The summed E-state index contributed by atoms with van der Waals surface area (Å²) in [6.45, 7) is 3.13. The van der Waals surface area contributed by atoms with Crippen LogP contribution in [0.25, 0.3) is 6.08 Å². The van der Waals surface area contributed by atoms with Gasteiger partial charge in [0.2, 0.25) is 11.5 Å². The molecule has 32 heavy (non-hydrogen) atoms. The molecule has 1 aliphatic rings. The molecule has 168 valence electrons. The van der Waals surface area contributed by atoms with Crippen LogP contribution >= 0.6 is 11.6 Å². The second kappa shape index (κ2) is 9.10. The first-order chi connectivity index (χ1) is 15.1. The molecule has 1 aromatic heterocycles. The summed E-state index contributed by atoms with van der Waals surface area (Å²) < 4.78 is 15.4. The number of nitro groups is 1. The molecular weight excluding hydrogens is 446 g/mol. The Morgan fingerprint density at radius 1 is 1.34 bits per heavy atom. The Labute approximate surface area is 186 Å². The van der Waals surface area contributed by atoms with Crippen LogP contribution in [-0.2, 0) is 16.1 Å². The largest absolute Gasteiger partial charge is 0.484 e. The van der Waals surface area contributed by atoms with Gasteiger partial charge in [-0.05, 0) is 38.1 Å². The second-order valence-electron chi connectivity index (χ2n) is 6.90. The van der Waals surface area contributed by atoms with Gasteiger partial charge in [-0.1, -0.05) is 11.6 Å². The lowest BCUT2D eigenvalue weighted by Gasteiger charge is -2.13. The highest BCUT2D eigenvalue weighted by atomic mass is 35.5. The van der Waals surface area contributed by atoms with Crippen LogP contribution in [0.15, 0.2) is 34.4 Å². The fraction of sp³-hybridized carbons (Fsp3) is 0.250. The van der Waals surface area contributed by atoms with Gasteiger partial charge in [0.1, 0.15) is 11.5 Å². The lowest BCUT2D eigenvalue weighted by molar-refractivity contribution is -0.386. The predicted molar refractivity (Wildman–Crippen MR) is 111 cm³/mol. The number of furan rings is 1. The molecule has 1 aliphatic heterocycles. The van der Waals surface area contributed by atoms with Gasteiger partial charge in [-0.25, -0.2) is 9.59 Å². The molecule has 3 rings (SSSR count). The van der Waals surface area contributed by atoms with E-state index < -0.39 is 28.9 Å². The first kappa shape index (κ1) is 22.8. The van der Waals surface area contributed by atoms with Crippen LogP contribution in [0.4, 0.5) is 10.5 Å². The maximum Gasteiger partial charge on any atom is 0.373 e. The molecule has 2 heterocycles. The van der Waals surface area contributed by atoms with Gasteiger partial charge in [-0.3, -0.25) is 19.8 Å². The van der Waals surface area contributed by atoms with Gasteiger partial charge in [0.15, 0.2) is 0 Å². The van der Waals surface area contributed by atoms with Crippen LogP contribution in [-0.4, -0.2) is 40.9 Å². The maximum atomic E-state index is 12.8. The topological polar surface area (TPSA) is 141 Å². The number of ether oxygens (including phenoxy) is 2. The minimum atomic E-state index is -0.736. The predicted octanol–water partition coefficient (Wildman–Crippen LogP) is 3.51. The smallest absolute Gasteiger partial charge is 0.373 e. The van der Waals surface area contributed by atoms with Crippen molar-refractivity contribution in [3.8, 4) is 5.75 Å². The number of esters is 1. The fourth-order valence-corrected chi connectivity index (χ4v) is 3.13. The summed E-state index contributed by atoms with van der Waals surface area (Å²) in [5.41, 5.74) is -0.369. The zero-order chi connectivity index (χ0) is 23.6. The highest BCUT2D eigenvalue weighted by molar-refractivity contribution is 6.31. The highest BCUT2D eigenvalue weighted by Crippen LogP contribution is 2.37. The SMILES string of the molecule is COC(=O)c1ccc(CN2C(=O)NC(=Cc3cc(Cl)cc([N+](=O)[O-])c3OC(C)C)C2=O)o1. The van der Waals surface area contributed by atoms with E-state index in [9.17, 15) is 24.5 Å². The third-order valence-electron chi connectivity index (χ3n) is 4.24. The van der Waals surface area contributed by atoms with Gasteiger partial charge < -0.3 is 19.2 Å². The van der Waals surface area contributed by atoms with Crippen molar-refractivity contribution >= 4 is 41.3 Å². The quantitative estimate of drug-likeness (QED) is 0.216. The number of nitrogens with zero attached hydrogens (tertiary/aromatic N) is 2. The summed E-state index contributed by atoms with van der Waals surface area (Å²) in [6.07, 6.45) is 0.846. The van der Waals surface area contributed by atoms with Crippen molar-refractivity contribution < 1.29 is 33.2 Å². The van der Waals surface area contributed by atoms with E-state index in [0.29, 0.717) is 0 Å². The van der Waals surface area contributed by atoms with Crippen molar-refractivity contribution in [1.29, 1.82) is 0 Å². The molecule has 0 aliphatic carbocycles. The Morgan fingerprint density at radius 3 is 2.69 bits per heavy atom. The van der Waals surface area contributed by atoms with Gasteiger partial charge in [0.05, 0.1) is 24.7 Å². The van der Waals surface area contributed by atoms with Crippen molar-refractivity contribution in [2.75, 3.05) is 7.11 Å². The van der Waals surface area contributed by atoms with E-state index in [1.165, 1.54) is 31.4 Å². The van der Waals surface area contributed by atoms with Gasteiger partial charge in [-0.15, -0.1) is 0 Å². The van der Waals surface area contributed by atoms with E-state index in [-0.39, 0.29) is 45.8 Å². The third-order valence-corrected chi connectivity index (χ3v) is 4.46. The minimum Gasteiger partial charge on any atom is -0.484 e.